The molecule has 0 saturated carbocycles. The van der Waals surface area contributed by atoms with Crippen molar-refractivity contribution in [2.75, 3.05) is 27.2 Å². The highest BCUT2D eigenvalue weighted by atomic mass is 16.5. The van der Waals surface area contributed by atoms with Gasteiger partial charge in [-0.1, -0.05) is 26.0 Å². The molecule has 1 atom stereocenters. The average Bonchev–Trinajstić information content (AvgIpc) is 3.06. The van der Waals surface area contributed by atoms with Gasteiger partial charge in [0.2, 0.25) is 0 Å². The third-order valence-corrected chi connectivity index (χ3v) is 4.14. The molecule has 1 aromatic carbocycles. The summed E-state index contributed by atoms with van der Waals surface area (Å²) in [6, 6.07) is 9.86. The first-order valence-electron chi connectivity index (χ1n) is 8.58. The minimum atomic E-state index is -0.144. The number of hydrogen-bond donors (Lipinski definition) is 1. The lowest BCUT2D eigenvalue weighted by atomic mass is 10.0. The van der Waals surface area contributed by atoms with E-state index in [1.807, 2.05) is 44.1 Å². The van der Waals surface area contributed by atoms with Gasteiger partial charge in [0.1, 0.15) is 11.5 Å². The van der Waals surface area contributed by atoms with Gasteiger partial charge in [0, 0.05) is 6.54 Å². The summed E-state index contributed by atoms with van der Waals surface area (Å²) >= 11 is 0. The fourth-order valence-electron chi connectivity index (χ4n) is 2.67. The Morgan fingerprint density at radius 1 is 1.28 bits per heavy atom. The number of hydrogen-bond acceptors (Lipinski definition) is 4. The van der Waals surface area contributed by atoms with Crippen LogP contribution in [0.4, 0.5) is 0 Å². The van der Waals surface area contributed by atoms with E-state index in [-0.39, 0.29) is 18.6 Å². The van der Waals surface area contributed by atoms with Crippen molar-refractivity contribution in [1.29, 1.82) is 0 Å². The van der Waals surface area contributed by atoms with Crippen LogP contribution >= 0.6 is 0 Å². The van der Waals surface area contributed by atoms with E-state index < -0.39 is 0 Å². The van der Waals surface area contributed by atoms with Crippen LogP contribution in [0.25, 0.3) is 0 Å². The summed E-state index contributed by atoms with van der Waals surface area (Å²) in [6.07, 6.45) is 1.64. The van der Waals surface area contributed by atoms with Gasteiger partial charge in [-0.15, -0.1) is 0 Å². The molecule has 5 heteroatoms. The van der Waals surface area contributed by atoms with Crippen LogP contribution < -0.4 is 10.1 Å². The summed E-state index contributed by atoms with van der Waals surface area (Å²) in [5.41, 5.74) is 2.23. The van der Waals surface area contributed by atoms with Crippen LogP contribution in [0, 0.1) is 6.92 Å². The molecule has 1 amide bonds. The summed E-state index contributed by atoms with van der Waals surface area (Å²) in [5, 5.41) is 2.92. The number of carbonyl (C=O) groups excluding carboxylic acids is 1. The lowest BCUT2D eigenvalue weighted by Crippen LogP contribution is -2.36. The minimum Gasteiger partial charge on any atom is -0.483 e. The molecule has 1 unspecified atom stereocenters. The van der Waals surface area contributed by atoms with Gasteiger partial charge in [0.05, 0.1) is 12.3 Å². The Hall–Kier alpha value is -2.27. The van der Waals surface area contributed by atoms with E-state index >= 15 is 0 Å². The van der Waals surface area contributed by atoms with Gasteiger partial charge in [0.25, 0.3) is 5.91 Å². The number of aryl methyl sites for hydroxylation is 1. The van der Waals surface area contributed by atoms with Crippen molar-refractivity contribution in [2.45, 2.75) is 32.7 Å². The first-order chi connectivity index (χ1) is 11.9. The Morgan fingerprint density at radius 2 is 2.04 bits per heavy atom. The van der Waals surface area contributed by atoms with Crippen molar-refractivity contribution in [3.8, 4) is 5.75 Å². The van der Waals surface area contributed by atoms with Crippen molar-refractivity contribution in [3.63, 3.8) is 0 Å². The summed E-state index contributed by atoms with van der Waals surface area (Å²) in [6.45, 7) is 6.71. The summed E-state index contributed by atoms with van der Waals surface area (Å²) in [5.74, 6) is 1.80. The molecule has 2 rings (SSSR count). The van der Waals surface area contributed by atoms with E-state index in [4.69, 9.17) is 9.15 Å². The Morgan fingerprint density at radius 3 is 2.64 bits per heavy atom. The van der Waals surface area contributed by atoms with Gasteiger partial charge in [0.15, 0.2) is 6.61 Å². The lowest BCUT2D eigenvalue weighted by Gasteiger charge is -2.22. The van der Waals surface area contributed by atoms with Gasteiger partial charge in [-0.25, -0.2) is 0 Å². The molecule has 5 nitrogen and oxygen atoms in total. The molecule has 0 fully saturated rings. The predicted molar refractivity (Wildman–Crippen MR) is 98.9 cm³/mol. The summed E-state index contributed by atoms with van der Waals surface area (Å²) in [4.78, 5) is 14.2. The Labute approximate surface area is 150 Å². The van der Waals surface area contributed by atoms with E-state index in [1.54, 1.807) is 6.26 Å². The highest BCUT2D eigenvalue weighted by Gasteiger charge is 2.18. The molecular formula is C20H28N2O3. The number of nitrogens with one attached hydrogen (secondary N) is 1. The van der Waals surface area contributed by atoms with E-state index in [1.165, 1.54) is 0 Å². The quantitative estimate of drug-likeness (QED) is 0.796. The lowest BCUT2D eigenvalue weighted by molar-refractivity contribution is -0.123. The average molecular weight is 344 g/mol. The molecule has 0 aliphatic carbocycles. The zero-order valence-corrected chi connectivity index (χ0v) is 15.7. The highest BCUT2D eigenvalue weighted by molar-refractivity contribution is 5.77. The van der Waals surface area contributed by atoms with Crippen molar-refractivity contribution in [3.05, 3.63) is 53.5 Å². The van der Waals surface area contributed by atoms with E-state index in [2.05, 4.69) is 31.3 Å². The summed E-state index contributed by atoms with van der Waals surface area (Å²) < 4.78 is 11.2. The van der Waals surface area contributed by atoms with Gasteiger partial charge >= 0.3 is 0 Å². The van der Waals surface area contributed by atoms with E-state index in [0.29, 0.717) is 12.5 Å². The monoisotopic (exact) mass is 344 g/mol. The number of benzene rings is 1. The zero-order valence-electron chi connectivity index (χ0n) is 15.7. The number of furan rings is 1. The van der Waals surface area contributed by atoms with Crippen LogP contribution in [0.1, 0.15) is 42.7 Å². The third kappa shape index (κ3) is 5.36. The van der Waals surface area contributed by atoms with E-state index in [0.717, 1.165) is 22.6 Å². The number of amides is 1. The minimum absolute atomic E-state index is 0.00146. The fourth-order valence-corrected chi connectivity index (χ4v) is 2.67. The second-order valence-corrected chi connectivity index (χ2v) is 6.78. The molecule has 0 saturated heterocycles. The van der Waals surface area contributed by atoms with Crippen molar-refractivity contribution < 1.29 is 13.9 Å². The second kappa shape index (κ2) is 8.72. The number of carbonyl (C=O) groups is 1. The standard InChI is InChI=1S/C20H28N2O3/c1-14(2)16-9-8-15(3)11-19(16)25-13-20(23)21-12-17(22(4)5)18-7-6-10-24-18/h6-11,14,17H,12-13H2,1-5H3,(H,21,23). The maximum absolute atomic E-state index is 12.2. The van der Waals surface area contributed by atoms with Crippen LogP contribution in [-0.2, 0) is 4.79 Å². The molecule has 0 aliphatic rings. The van der Waals surface area contributed by atoms with E-state index in [9.17, 15) is 4.79 Å². The normalized spacial score (nSPS) is 12.4. The molecule has 1 heterocycles. The van der Waals surface area contributed by atoms with Crippen LogP contribution in [-0.4, -0.2) is 38.1 Å². The van der Waals surface area contributed by atoms with Crippen LogP contribution in [0.3, 0.4) is 0 Å². The second-order valence-electron chi connectivity index (χ2n) is 6.78. The Kier molecular flexibility index (Phi) is 6.65. The molecule has 1 aromatic heterocycles. The molecule has 0 aliphatic heterocycles. The first-order valence-corrected chi connectivity index (χ1v) is 8.58. The Balaban J connectivity index is 1.92. The molecule has 25 heavy (non-hydrogen) atoms. The third-order valence-electron chi connectivity index (χ3n) is 4.14. The van der Waals surface area contributed by atoms with Crippen molar-refractivity contribution >= 4 is 5.91 Å². The van der Waals surface area contributed by atoms with Crippen LogP contribution in [0.15, 0.2) is 41.0 Å². The maximum Gasteiger partial charge on any atom is 0.258 e. The van der Waals surface area contributed by atoms with Crippen molar-refractivity contribution in [2.24, 2.45) is 0 Å². The topological polar surface area (TPSA) is 54.7 Å². The van der Waals surface area contributed by atoms with Crippen molar-refractivity contribution in [1.82, 2.24) is 10.2 Å². The molecule has 0 bridgehead atoms. The largest absolute Gasteiger partial charge is 0.483 e. The van der Waals surface area contributed by atoms with Gasteiger partial charge in [-0.3, -0.25) is 9.69 Å². The van der Waals surface area contributed by atoms with Gasteiger partial charge in [-0.2, -0.15) is 0 Å². The number of nitrogens with zero attached hydrogens (tertiary/aromatic N) is 1. The molecule has 136 valence electrons. The summed E-state index contributed by atoms with van der Waals surface area (Å²) in [7, 11) is 3.91. The Bertz CT molecular complexity index is 678. The van der Waals surface area contributed by atoms with Crippen LogP contribution in [0.2, 0.25) is 0 Å². The SMILES string of the molecule is Cc1ccc(C(C)C)c(OCC(=O)NCC(c2ccco2)N(C)C)c1. The van der Waals surface area contributed by atoms with Gasteiger partial charge in [-0.05, 0) is 56.3 Å². The molecule has 0 radical (unpaired) electrons. The smallest absolute Gasteiger partial charge is 0.258 e. The predicted octanol–water partition coefficient (Wildman–Crippen LogP) is 3.51. The molecule has 2 aromatic rings. The highest BCUT2D eigenvalue weighted by Crippen LogP contribution is 2.27. The van der Waals surface area contributed by atoms with Crippen LogP contribution in [0.5, 0.6) is 5.75 Å². The molecular weight excluding hydrogens is 316 g/mol. The van der Waals surface area contributed by atoms with Gasteiger partial charge < -0.3 is 14.5 Å². The zero-order chi connectivity index (χ0) is 18.4. The number of rotatable bonds is 8. The molecule has 1 N–H and O–H groups in total. The molecule has 0 spiro atoms. The fraction of sp³-hybridized carbons (Fsp3) is 0.450. The number of likely N-dealkylation sites (N-methyl/N-ethyl adjacent to an activating group) is 1. The maximum atomic E-state index is 12.2. The first kappa shape index (κ1) is 19.1. The number of ether oxygens (including phenoxy) is 1.